The maximum atomic E-state index is 14.7. The van der Waals surface area contributed by atoms with Crippen LogP contribution in [0.15, 0.2) is 18.6 Å². The van der Waals surface area contributed by atoms with Crippen LogP contribution in [0, 0.1) is 29.1 Å². The third kappa shape index (κ3) is 6.54. The lowest BCUT2D eigenvalue weighted by atomic mass is 9.75. The van der Waals surface area contributed by atoms with Crippen molar-refractivity contribution in [2.24, 2.45) is 29.1 Å². The molecule has 3 saturated carbocycles. The third-order valence-electron chi connectivity index (χ3n) is 11.6. The second kappa shape index (κ2) is 13.4. The molecule has 3 aliphatic carbocycles. The summed E-state index contributed by atoms with van der Waals surface area (Å²) >= 11 is 0. The zero-order valence-electron chi connectivity index (χ0n) is 28.5. The number of carbonyl (C=O) groups is 5. The van der Waals surface area contributed by atoms with Gasteiger partial charge in [-0.05, 0) is 67.6 Å². The van der Waals surface area contributed by atoms with Crippen LogP contribution in [-0.4, -0.2) is 91.9 Å². The van der Waals surface area contributed by atoms with Crippen LogP contribution in [0.5, 0.6) is 0 Å². The zero-order chi connectivity index (χ0) is 34.4. The fourth-order valence-electron chi connectivity index (χ4n) is 8.98. The normalized spacial score (nSPS) is 30.7. The summed E-state index contributed by atoms with van der Waals surface area (Å²) in [7, 11) is 0. The summed E-state index contributed by atoms with van der Waals surface area (Å²) in [5, 5.41) is 23.1. The second-order valence-electron chi connectivity index (χ2n) is 15.8. The minimum atomic E-state index is -1.38. The maximum absolute atomic E-state index is 14.7. The van der Waals surface area contributed by atoms with Gasteiger partial charge in [-0.25, -0.2) is 4.98 Å². The van der Waals surface area contributed by atoms with Gasteiger partial charge in [0.1, 0.15) is 23.3 Å². The van der Waals surface area contributed by atoms with Crippen molar-refractivity contribution in [1.82, 2.24) is 36.1 Å². The Morgan fingerprint density at radius 1 is 1.08 bits per heavy atom. The van der Waals surface area contributed by atoms with Crippen molar-refractivity contribution in [2.75, 3.05) is 6.54 Å². The lowest BCUT2D eigenvalue weighted by molar-refractivity contribution is -0.146. The van der Waals surface area contributed by atoms with Gasteiger partial charge >= 0.3 is 0 Å². The molecule has 262 valence electrons. The van der Waals surface area contributed by atoms with Gasteiger partial charge in [-0.1, -0.05) is 53.4 Å². The first-order chi connectivity index (χ1) is 22.8. The summed E-state index contributed by atoms with van der Waals surface area (Å²) in [6.45, 7) is 8.07. The number of aromatic nitrogens is 2. The summed E-state index contributed by atoms with van der Waals surface area (Å²) in [6.07, 6.45) is 10.3. The second-order valence-corrected chi connectivity index (χ2v) is 15.8. The summed E-state index contributed by atoms with van der Waals surface area (Å²) in [6, 6.07) is -2.42. The van der Waals surface area contributed by atoms with Gasteiger partial charge in [0.2, 0.25) is 17.7 Å². The van der Waals surface area contributed by atoms with E-state index in [9.17, 15) is 29.1 Å². The first-order valence-corrected chi connectivity index (χ1v) is 17.8. The van der Waals surface area contributed by atoms with E-state index < -0.39 is 52.9 Å². The van der Waals surface area contributed by atoms with E-state index >= 15 is 0 Å². The standard InChI is InChI=1S/C35H51N7O6/c1-5-21-22-12-9-19-18-42(26(24(19)22)30(45)39-25(21)27(43)31(46)38-20-10-11-20)32(47)28(34(2,3)4)40-33(48)35(13-7-6-8-14-35)41-29(44)23-17-36-15-16-37-23/h15-17,19-22,24-28,43H,5-14,18H2,1-4H3,(H,38,46)(H,39,45)(H,40,48)(H,41,44)/t19-,21?,22?,24+,25-,26?,27?,28+/m0/s1. The lowest BCUT2D eigenvalue weighted by Gasteiger charge is -2.41. The van der Waals surface area contributed by atoms with Gasteiger partial charge in [-0.3, -0.25) is 29.0 Å². The van der Waals surface area contributed by atoms with E-state index in [0.29, 0.717) is 25.8 Å². The summed E-state index contributed by atoms with van der Waals surface area (Å²) in [5.41, 5.74) is -1.83. The maximum Gasteiger partial charge on any atom is 0.272 e. The van der Waals surface area contributed by atoms with Crippen LogP contribution in [0.3, 0.4) is 0 Å². The number of hydrogen-bond acceptors (Lipinski definition) is 8. The van der Waals surface area contributed by atoms with Crippen molar-refractivity contribution in [3.05, 3.63) is 24.3 Å². The quantitative estimate of drug-likeness (QED) is 0.263. The summed E-state index contributed by atoms with van der Waals surface area (Å²) < 4.78 is 0. The van der Waals surface area contributed by atoms with Gasteiger partial charge in [0.25, 0.3) is 11.8 Å². The molecule has 0 bridgehead atoms. The summed E-state index contributed by atoms with van der Waals surface area (Å²) in [5.74, 6) is -2.15. The Hall–Kier alpha value is -3.61. The van der Waals surface area contributed by atoms with Crippen molar-refractivity contribution in [1.29, 1.82) is 0 Å². The molecule has 5 amide bonds. The minimum Gasteiger partial charge on any atom is -0.381 e. The molecule has 0 aromatic carbocycles. The number of nitrogens with one attached hydrogen (secondary N) is 4. The van der Waals surface area contributed by atoms with Crippen molar-refractivity contribution >= 4 is 29.5 Å². The average molecular weight is 666 g/mol. The average Bonchev–Trinajstić information content (AvgIpc) is 3.70. The topological polar surface area (TPSA) is 183 Å². The number of rotatable bonds is 9. The Labute approximate surface area is 282 Å². The van der Waals surface area contributed by atoms with Crippen LogP contribution in [0.1, 0.15) is 102 Å². The van der Waals surface area contributed by atoms with Gasteiger partial charge in [0.15, 0.2) is 6.10 Å². The molecule has 2 saturated heterocycles. The van der Waals surface area contributed by atoms with E-state index in [1.165, 1.54) is 18.6 Å². The highest BCUT2D eigenvalue weighted by Crippen LogP contribution is 2.52. The molecule has 13 heteroatoms. The Bertz CT molecular complexity index is 1410. The molecule has 2 aliphatic heterocycles. The highest BCUT2D eigenvalue weighted by Gasteiger charge is 2.60. The van der Waals surface area contributed by atoms with Gasteiger partial charge in [0, 0.05) is 25.0 Å². The van der Waals surface area contributed by atoms with Gasteiger partial charge in [-0.15, -0.1) is 0 Å². The number of aliphatic hydroxyl groups is 1. The van der Waals surface area contributed by atoms with Crippen LogP contribution in [0.2, 0.25) is 0 Å². The molecule has 5 N–H and O–H groups in total. The molecule has 0 spiro atoms. The van der Waals surface area contributed by atoms with E-state index in [0.717, 1.165) is 44.9 Å². The van der Waals surface area contributed by atoms with E-state index in [2.05, 4.69) is 31.2 Å². The van der Waals surface area contributed by atoms with Crippen molar-refractivity contribution in [2.45, 2.75) is 128 Å². The number of likely N-dealkylation sites (tertiary alicyclic amines) is 1. The molecule has 3 heterocycles. The molecule has 5 fully saturated rings. The molecule has 13 nitrogen and oxygen atoms in total. The Morgan fingerprint density at radius 2 is 1.81 bits per heavy atom. The molecule has 6 rings (SSSR count). The largest absolute Gasteiger partial charge is 0.381 e. The summed E-state index contributed by atoms with van der Waals surface area (Å²) in [4.78, 5) is 78.9. The molecule has 1 aromatic heterocycles. The monoisotopic (exact) mass is 665 g/mol. The third-order valence-corrected chi connectivity index (χ3v) is 11.6. The highest BCUT2D eigenvalue weighted by molar-refractivity contribution is 6.00. The number of amides is 5. The lowest BCUT2D eigenvalue weighted by Crippen LogP contribution is -2.65. The van der Waals surface area contributed by atoms with Crippen LogP contribution < -0.4 is 21.3 Å². The molecule has 1 aromatic rings. The molecule has 5 aliphatic rings. The Balaban J connectivity index is 1.25. The smallest absolute Gasteiger partial charge is 0.272 e. The Morgan fingerprint density at radius 3 is 2.44 bits per heavy atom. The van der Waals surface area contributed by atoms with Crippen LogP contribution in [-0.2, 0) is 19.2 Å². The van der Waals surface area contributed by atoms with E-state index in [1.807, 2.05) is 27.7 Å². The van der Waals surface area contributed by atoms with Gasteiger partial charge < -0.3 is 31.3 Å². The van der Waals surface area contributed by atoms with Crippen molar-refractivity contribution in [3.63, 3.8) is 0 Å². The van der Waals surface area contributed by atoms with Crippen LogP contribution in [0.25, 0.3) is 0 Å². The zero-order valence-corrected chi connectivity index (χ0v) is 28.5. The van der Waals surface area contributed by atoms with E-state index in [4.69, 9.17) is 0 Å². The van der Waals surface area contributed by atoms with Crippen molar-refractivity contribution in [3.8, 4) is 0 Å². The number of aliphatic hydroxyl groups excluding tert-OH is 1. The number of nitrogens with zero attached hydrogens (tertiary/aromatic N) is 3. The molecule has 0 radical (unpaired) electrons. The van der Waals surface area contributed by atoms with Crippen molar-refractivity contribution < 1.29 is 29.1 Å². The van der Waals surface area contributed by atoms with E-state index in [1.54, 1.807) is 4.90 Å². The fourth-order valence-corrected chi connectivity index (χ4v) is 8.98. The first kappa shape index (κ1) is 34.3. The molecular weight excluding hydrogens is 614 g/mol. The Kier molecular flexibility index (Phi) is 9.54. The molecule has 4 unspecified atom stereocenters. The van der Waals surface area contributed by atoms with Crippen LogP contribution >= 0.6 is 0 Å². The SMILES string of the molecule is CCC1C2CC[C@H]3CN(C(=O)[C@@H](NC(=O)C4(NC(=O)c5cnccn5)CCCCC4)C(C)(C)C)C(C(=O)N[C@@H]1C(O)C(=O)NC1CC1)[C@@H]23. The minimum absolute atomic E-state index is 0.0552. The predicted octanol–water partition coefficient (Wildman–Crippen LogP) is 1.46. The molecule has 48 heavy (non-hydrogen) atoms. The number of hydrogen-bond donors (Lipinski definition) is 5. The predicted molar refractivity (Wildman–Crippen MR) is 175 cm³/mol. The molecule has 8 atom stereocenters. The van der Waals surface area contributed by atoms with Gasteiger partial charge in [-0.2, -0.15) is 0 Å². The van der Waals surface area contributed by atoms with Gasteiger partial charge in [0.05, 0.1) is 12.2 Å². The fraction of sp³-hybridized carbons (Fsp3) is 0.743. The van der Waals surface area contributed by atoms with Crippen LogP contribution in [0.4, 0.5) is 0 Å². The van der Waals surface area contributed by atoms with E-state index in [-0.39, 0.29) is 47.2 Å². The molecular formula is C35H51N7O6. The number of carbonyl (C=O) groups excluding carboxylic acids is 5. The highest BCUT2D eigenvalue weighted by atomic mass is 16.3. The first-order valence-electron chi connectivity index (χ1n) is 17.8.